The maximum absolute atomic E-state index is 11.4. The normalized spacial score (nSPS) is 18.6. The van der Waals surface area contributed by atoms with E-state index in [1.165, 1.54) is 38.5 Å². The first-order chi connectivity index (χ1) is 17.7. The summed E-state index contributed by atoms with van der Waals surface area (Å²) in [6.07, 6.45) is 9.84. The fourth-order valence-corrected chi connectivity index (χ4v) is 4.71. The SMILES string of the molecule is CCCCCCCCCCC(O)CN1CCN(CC(=O)O)CCN(CC(=O)O)CCN(CC(=O)O)CC1. The molecule has 0 aromatic carbocycles. The van der Waals surface area contributed by atoms with Crippen LogP contribution in [0.15, 0.2) is 0 Å². The molecule has 0 saturated carbocycles. The summed E-state index contributed by atoms with van der Waals surface area (Å²) in [5.41, 5.74) is 0. The third kappa shape index (κ3) is 18.2. The molecule has 216 valence electrons. The van der Waals surface area contributed by atoms with E-state index < -0.39 is 24.0 Å². The van der Waals surface area contributed by atoms with Gasteiger partial charge in [0.1, 0.15) is 0 Å². The van der Waals surface area contributed by atoms with Crippen LogP contribution in [0, 0.1) is 0 Å². The number of carboxylic acid groups (broad SMARTS) is 3. The average molecular weight is 531 g/mol. The number of aliphatic hydroxyl groups excluding tert-OH is 1. The third-order valence-electron chi connectivity index (χ3n) is 6.87. The van der Waals surface area contributed by atoms with Gasteiger partial charge in [-0.15, -0.1) is 0 Å². The first kappa shape index (κ1) is 33.2. The predicted molar refractivity (Wildman–Crippen MR) is 142 cm³/mol. The Morgan fingerprint density at radius 2 is 0.892 bits per heavy atom. The summed E-state index contributed by atoms with van der Waals surface area (Å²) in [5, 5.41) is 38.6. The summed E-state index contributed by atoms with van der Waals surface area (Å²) in [6.45, 7) is 5.78. The summed E-state index contributed by atoms with van der Waals surface area (Å²) >= 11 is 0. The van der Waals surface area contributed by atoms with Gasteiger partial charge in [-0.1, -0.05) is 58.3 Å². The number of unbranched alkanes of at least 4 members (excludes halogenated alkanes) is 7. The maximum atomic E-state index is 11.4. The van der Waals surface area contributed by atoms with Gasteiger partial charge in [-0.2, -0.15) is 0 Å². The zero-order valence-corrected chi connectivity index (χ0v) is 22.7. The van der Waals surface area contributed by atoms with Gasteiger partial charge in [-0.05, 0) is 6.42 Å². The zero-order chi connectivity index (χ0) is 27.5. The molecule has 37 heavy (non-hydrogen) atoms. The molecule has 1 heterocycles. The second kappa shape index (κ2) is 20.2. The van der Waals surface area contributed by atoms with Crippen LogP contribution in [-0.2, 0) is 14.4 Å². The largest absolute Gasteiger partial charge is 0.480 e. The van der Waals surface area contributed by atoms with Crippen LogP contribution in [0.3, 0.4) is 0 Å². The fourth-order valence-electron chi connectivity index (χ4n) is 4.71. The molecule has 0 radical (unpaired) electrons. The van der Waals surface area contributed by atoms with Gasteiger partial charge in [0, 0.05) is 58.9 Å². The summed E-state index contributed by atoms with van der Waals surface area (Å²) in [4.78, 5) is 41.5. The Morgan fingerprint density at radius 3 is 1.24 bits per heavy atom. The topological polar surface area (TPSA) is 145 Å². The number of carbonyl (C=O) groups is 3. The van der Waals surface area contributed by atoms with E-state index in [1.807, 2.05) is 0 Å². The van der Waals surface area contributed by atoms with Gasteiger partial charge in [-0.3, -0.25) is 34.0 Å². The second-order valence-corrected chi connectivity index (χ2v) is 10.2. The second-order valence-electron chi connectivity index (χ2n) is 10.2. The molecule has 1 atom stereocenters. The number of β-amino-alcohol motifs (C(OH)–C–C–N with tert-alkyl or cyclic N) is 1. The molecule has 0 bridgehead atoms. The number of carboxylic acids is 3. The van der Waals surface area contributed by atoms with Crippen molar-refractivity contribution in [3.63, 3.8) is 0 Å². The van der Waals surface area contributed by atoms with E-state index in [1.54, 1.807) is 14.7 Å². The molecule has 0 aromatic heterocycles. The Bertz CT molecular complexity index is 620. The average Bonchev–Trinajstić information content (AvgIpc) is 2.81. The van der Waals surface area contributed by atoms with Crippen molar-refractivity contribution < 1.29 is 34.8 Å². The van der Waals surface area contributed by atoms with E-state index in [0.29, 0.717) is 65.3 Å². The molecule has 4 N–H and O–H groups in total. The highest BCUT2D eigenvalue weighted by Gasteiger charge is 2.21. The lowest BCUT2D eigenvalue weighted by Gasteiger charge is -2.33. The van der Waals surface area contributed by atoms with Crippen molar-refractivity contribution in [1.82, 2.24) is 19.6 Å². The van der Waals surface area contributed by atoms with Gasteiger partial charge in [0.2, 0.25) is 0 Å². The molecule has 1 saturated heterocycles. The molecule has 0 spiro atoms. The van der Waals surface area contributed by atoms with Crippen LogP contribution in [-0.4, -0.2) is 143 Å². The Balaban J connectivity index is 2.69. The number of nitrogens with zero attached hydrogens (tertiary/aromatic N) is 4. The highest BCUT2D eigenvalue weighted by molar-refractivity contribution is 5.69. The van der Waals surface area contributed by atoms with Crippen LogP contribution in [0.25, 0.3) is 0 Å². The van der Waals surface area contributed by atoms with Gasteiger partial charge in [0.15, 0.2) is 0 Å². The molecule has 0 amide bonds. The standard InChI is InChI=1S/C26H50N4O7/c1-2-3-4-5-6-7-8-9-10-23(31)19-27-11-13-28(20-24(32)33)15-17-30(22-26(36)37)18-16-29(14-12-27)21-25(34)35/h23,31H,2-22H2,1H3,(H,32,33)(H,34,35)(H,36,37). The molecule has 0 aromatic rings. The quantitative estimate of drug-likeness (QED) is 0.202. The molecule has 1 fully saturated rings. The number of aliphatic hydroxyl groups is 1. The van der Waals surface area contributed by atoms with Gasteiger partial charge in [-0.25, -0.2) is 0 Å². The van der Waals surface area contributed by atoms with Crippen molar-refractivity contribution in [2.45, 2.75) is 70.8 Å². The number of aliphatic carboxylic acids is 3. The van der Waals surface area contributed by atoms with E-state index in [9.17, 15) is 34.8 Å². The molecule has 0 aliphatic carbocycles. The van der Waals surface area contributed by atoms with Gasteiger partial charge in [0.05, 0.1) is 25.7 Å². The van der Waals surface area contributed by atoms with Crippen molar-refractivity contribution in [2.75, 3.05) is 78.5 Å². The lowest BCUT2D eigenvalue weighted by molar-refractivity contribution is -0.140. The Morgan fingerprint density at radius 1 is 0.568 bits per heavy atom. The Hall–Kier alpha value is -1.79. The predicted octanol–water partition coefficient (Wildman–Crippen LogP) is 1.35. The highest BCUT2D eigenvalue weighted by atomic mass is 16.4. The minimum Gasteiger partial charge on any atom is -0.480 e. The highest BCUT2D eigenvalue weighted by Crippen LogP contribution is 2.11. The molecule has 1 aliphatic rings. The molecule has 1 aliphatic heterocycles. The van der Waals surface area contributed by atoms with E-state index in [-0.39, 0.29) is 19.6 Å². The lowest BCUT2D eigenvalue weighted by Crippen LogP contribution is -2.49. The molecule has 1 rings (SSSR count). The van der Waals surface area contributed by atoms with Crippen molar-refractivity contribution in [3.05, 3.63) is 0 Å². The van der Waals surface area contributed by atoms with Crippen molar-refractivity contribution in [1.29, 1.82) is 0 Å². The van der Waals surface area contributed by atoms with Gasteiger partial charge >= 0.3 is 17.9 Å². The summed E-state index contributed by atoms with van der Waals surface area (Å²) in [5.74, 6) is -2.85. The van der Waals surface area contributed by atoms with E-state index in [4.69, 9.17) is 0 Å². The van der Waals surface area contributed by atoms with Crippen LogP contribution >= 0.6 is 0 Å². The van der Waals surface area contributed by atoms with E-state index >= 15 is 0 Å². The van der Waals surface area contributed by atoms with Gasteiger partial charge < -0.3 is 20.4 Å². The molecular weight excluding hydrogens is 480 g/mol. The van der Waals surface area contributed by atoms with Crippen LogP contribution in [0.2, 0.25) is 0 Å². The third-order valence-corrected chi connectivity index (χ3v) is 6.87. The summed E-state index contributed by atoms with van der Waals surface area (Å²) in [7, 11) is 0. The zero-order valence-electron chi connectivity index (χ0n) is 22.7. The molecule has 11 heteroatoms. The number of hydrogen-bond acceptors (Lipinski definition) is 8. The monoisotopic (exact) mass is 530 g/mol. The molecule has 1 unspecified atom stereocenters. The minimum atomic E-state index is -0.974. The van der Waals surface area contributed by atoms with E-state index in [2.05, 4.69) is 11.8 Å². The lowest BCUT2D eigenvalue weighted by atomic mass is 10.1. The molecule has 11 nitrogen and oxygen atoms in total. The Kier molecular flexibility index (Phi) is 18.2. The van der Waals surface area contributed by atoms with Crippen LogP contribution < -0.4 is 0 Å². The Labute approximate surface area is 222 Å². The maximum Gasteiger partial charge on any atom is 0.317 e. The van der Waals surface area contributed by atoms with Crippen molar-refractivity contribution in [2.24, 2.45) is 0 Å². The van der Waals surface area contributed by atoms with Crippen molar-refractivity contribution in [3.8, 4) is 0 Å². The minimum absolute atomic E-state index is 0.138. The van der Waals surface area contributed by atoms with Crippen LogP contribution in [0.1, 0.15) is 64.7 Å². The molecular formula is C26H50N4O7. The first-order valence-corrected chi connectivity index (χ1v) is 13.9. The smallest absolute Gasteiger partial charge is 0.317 e. The number of rotatable bonds is 17. The summed E-state index contributed by atoms with van der Waals surface area (Å²) < 4.78 is 0. The first-order valence-electron chi connectivity index (χ1n) is 13.9. The van der Waals surface area contributed by atoms with Crippen LogP contribution in [0.4, 0.5) is 0 Å². The fraction of sp³-hybridized carbons (Fsp3) is 0.885. The number of hydrogen-bond donors (Lipinski definition) is 4. The van der Waals surface area contributed by atoms with Crippen molar-refractivity contribution >= 4 is 17.9 Å². The summed E-state index contributed by atoms with van der Waals surface area (Å²) in [6, 6.07) is 0. The van der Waals surface area contributed by atoms with Gasteiger partial charge in [0.25, 0.3) is 0 Å². The van der Waals surface area contributed by atoms with Crippen LogP contribution in [0.5, 0.6) is 0 Å². The van der Waals surface area contributed by atoms with E-state index in [0.717, 1.165) is 12.8 Å².